The number of hydrogen-bond acceptors (Lipinski definition) is 3. The molecule has 3 heteroatoms. The fraction of sp³-hybridized carbons (Fsp3) is 0.538. The van der Waals surface area contributed by atoms with Gasteiger partial charge in [-0.25, -0.2) is 0 Å². The topological polar surface area (TPSA) is 44.5 Å². The molecule has 1 rings (SSSR count). The lowest BCUT2D eigenvalue weighted by atomic mass is 9.89. The SMILES string of the molecule is COc1ccc(OC(CN)C(C)(C)C)cc1. The highest BCUT2D eigenvalue weighted by Gasteiger charge is 2.24. The van der Waals surface area contributed by atoms with Crippen molar-refractivity contribution in [1.29, 1.82) is 0 Å². The maximum Gasteiger partial charge on any atom is 0.120 e. The Bertz CT molecular complexity index is 314. The van der Waals surface area contributed by atoms with E-state index < -0.39 is 0 Å². The van der Waals surface area contributed by atoms with Gasteiger partial charge in [-0.2, -0.15) is 0 Å². The summed E-state index contributed by atoms with van der Waals surface area (Å²) in [6, 6.07) is 7.55. The molecule has 2 N–H and O–H groups in total. The highest BCUT2D eigenvalue weighted by atomic mass is 16.5. The van der Waals surface area contributed by atoms with Crippen molar-refractivity contribution in [3.63, 3.8) is 0 Å². The summed E-state index contributed by atoms with van der Waals surface area (Å²) in [5, 5.41) is 0. The van der Waals surface area contributed by atoms with Crippen molar-refractivity contribution in [3.05, 3.63) is 24.3 Å². The maximum atomic E-state index is 5.85. The molecule has 0 aliphatic heterocycles. The fourth-order valence-electron chi connectivity index (χ4n) is 1.40. The standard InChI is InChI=1S/C13H21NO2/c1-13(2,3)12(9-14)16-11-7-5-10(15-4)6-8-11/h5-8,12H,9,14H2,1-4H3. The second kappa shape index (κ2) is 5.21. The van der Waals surface area contributed by atoms with Gasteiger partial charge in [-0.3, -0.25) is 0 Å². The van der Waals surface area contributed by atoms with Crippen LogP contribution in [0.2, 0.25) is 0 Å². The molecular formula is C13H21NO2. The molecule has 0 heterocycles. The molecule has 0 bridgehead atoms. The van der Waals surface area contributed by atoms with Gasteiger partial charge in [0.15, 0.2) is 0 Å². The maximum absolute atomic E-state index is 5.85. The predicted molar refractivity (Wildman–Crippen MR) is 65.9 cm³/mol. The second-order valence-electron chi connectivity index (χ2n) is 4.88. The highest BCUT2D eigenvalue weighted by Crippen LogP contribution is 2.25. The van der Waals surface area contributed by atoms with E-state index in [4.69, 9.17) is 15.2 Å². The minimum atomic E-state index is 0.0147. The van der Waals surface area contributed by atoms with Gasteiger partial charge in [-0.15, -0.1) is 0 Å². The van der Waals surface area contributed by atoms with Crippen molar-refractivity contribution in [2.75, 3.05) is 13.7 Å². The molecule has 0 fully saturated rings. The normalized spacial score (nSPS) is 13.3. The molecule has 0 radical (unpaired) electrons. The predicted octanol–water partition coefficient (Wildman–Crippen LogP) is 2.45. The van der Waals surface area contributed by atoms with Crippen molar-refractivity contribution in [3.8, 4) is 11.5 Å². The van der Waals surface area contributed by atoms with Crippen molar-refractivity contribution in [2.45, 2.75) is 26.9 Å². The number of benzene rings is 1. The molecule has 0 saturated carbocycles. The molecule has 0 spiro atoms. The van der Waals surface area contributed by atoms with E-state index in [0.29, 0.717) is 6.54 Å². The first kappa shape index (κ1) is 12.8. The number of methoxy groups -OCH3 is 1. The zero-order valence-corrected chi connectivity index (χ0v) is 10.5. The molecule has 3 nitrogen and oxygen atoms in total. The van der Waals surface area contributed by atoms with Crippen LogP contribution in [-0.4, -0.2) is 19.8 Å². The number of ether oxygens (including phenoxy) is 2. The lowest BCUT2D eigenvalue weighted by molar-refractivity contribution is 0.0941. The summed E-state index contributed by atoms with van der Waals surface area (Å²) < 4.78 is 10.9. The minimum Gasteiger partial charge on any atom is -0.497 e. The van der Waals surface area contributed by atoms with Gasteiger partial charge < -0.3 is 15.2 Å². The molecule has 16 heavy (non-hydrogen) atoms. The first-order chi connectivity index (χ1) is 7.47. The molecule has 0 amide bonds. The summed E-state index contributed by atoms with van der Waals surface area (Å²) in [5.41, 5.74) is 5.75. The summed E-state index contributed by atoms with van der Waals surface area (Å²) in [6.45, 7) is 6.87. The van der Waals surface area contributed by atoms with Gasteiger partial charge in [-0.05, 0) is 24.3 Å². The van der Waals surface area contributed by atoms with Gasteiger partial charge in [0.05, 0.1) is 7.11 Å². The smallest absolute Gasteiger partial charge is 0.120 e. The van der Waals surface area contributed by atoms with E-state index in [1.165, 1.54) is 0 Å². The van der Waals surface area contributed by atoms with Gasteiger partial charge in [0, 0.05) is 12.0 Å². The average Bonchev–Trinajstić information content (AvgIpc) is 2.25. The quantitative estimate of drug-likeness (QED) is 0.852. The lowest BCUT2D eigenvalue weighted by Gasteiger charge is -2.30. The molecule has 0 aromatic heterocycles. The van der Waals surface area contributed by atoms with E-state index >= 15 is 0 Å². The summed E-state index contributed by atoms with van der Waals surface area (Å²) in [6.07, 6.45) is 0.0147. The molecule has 90 valence electrons. The van der Waals surface area contributed by atoms with E-state index in [-0.39, 0.29) is 11.5 Å². The second-order valence-corrected chi connectivity index (χ2v) is 4.88. The first-order valence-corrected chi connectivity index (χ1v) is 5.48. The third-order valence-electron chi connectivity index (χ3n) is 2.52. The third kappa shape index (κ3) is 3.42. The zero-order chi connectivity index (χ0) is 12.2. The van der Waals surface area contributed by atoms with Crippen LogP contribution in [0.3, 0.4) is 0 Å². The highest BCUT2D eigenvalue weighted by molar-refractivity contribution is 5.31. The van der Waals surface area contributed by atoms with Gasteiger partial charge >= 0.3 is 0 Å². The van der Waals surface area contributed by atoms with Crippen LogP contribution < -0.4 is 15.2 Å². The van der Waals surface area contributed by atoms with Gasteiger partial charge in [0.25, 0.3) is 0 Å². The minimum absolute atomic E-state index is 0.0147. The molecule has 1 atom stereocenters. The number of nitrogens with two attached hydrogens (primary N) is 1. The van der Waals surface area contributed by atoms with Crippen LogP contribution in [0, 0.1) is 5.41 Å². The van der Waals surface area contributed by atoms with Gasteiger partial charge in [0.2, 0.25) is 0 Å². The average molecular weight is 223 g/mol. The summed E-state index contributed by atoms with van der Waals surface area (Å²) in [7, 11) is 1.65. The van der Waals surface area contributed by atoms with Crippen LogP contribution >= 0.6 is 0 Å². The molecule has 0 saturated heterocycles. The number of rotatable bonds is 4. The van der Waals surface area contributed by atoms with Crippen molar-refractivity contribution in [1.82, 2.24) is 0 Å². The molecule has 1 unspecified atom stereocenters. The van der Waals surface area contributed by atoms with Crippen LogP contribution in [0.25, 0.3) is 0 Å². The summed E-state index contributed by atoms with van der Waals surface area (Å²) in [5.74, 6) is 1.65. The van der Waals surface area contributed by atoms with Crippen LogP contribution in [0.5, 0.6) is 11.5 Å². The van der Waals surface area contributed by atoms with Crippen LogP contribution in [0.1, 0.15) is 20.8 Å². The van der Waals surface area contributed by atoms with E-state index in [2.05, 4.69) is 20.8 Å². The van der Waals surface area contributed by atoms with Gasteiger partial charge in [0.1, 0.15) is 17.6 Å². The van der Waals surface area contributed by atoms with Crippen molar-refractivity contribution >= 4 is 0 Å². The summed E-state index contributed by atoms with van der Waals surface area (Å²) in [4.78, 5) is 0. The molecule has 1 aromatic rings. The lowest BCUT2D eigenvalue weighted by Crippen LogP contribution is -2.38. The van der Waals surface area contributed by atoms with E-state index in [9.17, 15) is 0 Å². The molecule has 0 aliphatic rings. The molecular weight excluding hydrogens is 202 g/mol. The molecule has 0 aliphatic carbocycles. The van der Waals surface area contributed by atoms with E-state index in [1.54, 1.807) is 7.11 Å². The van der Waals surface area contributed by atoms with Crippen molar-refractivity contribution in [2.24, 2.45) is 11.1 Å². The van der Waals surface area contributed by atoms with Crippen LogP contribution in [-0.2, 0) is 0 Å². The third-order valence-corrected chi connectivity index (χ3v) is 2.52. The molecule has 1 aromatic carbocycles. The van der Waals surface area contributed by atoms with Gasteiger partial charge in [-0.1, -0.05) is 20.8 Å². The number of hydrogen-bond donors (Lipinski definition) is 1. The monoisotopic (exact) mass is 223 g/mol. The van der Waals surface area contributed by atoms with E-state index in [1.807, 2.05) is 24.3 Å². The largest absolute Gasteiger partial charge is 0.497 e. The zero-order valence-electron chi connectivity index (χ0n) is 10.5. The Morgan fingerprint density at radius 3 is 2.00 bits per heavy atom. The Hall–Kier alpha value is -1.22. The Morgan fingerprint density at radius 1 is 1.12 bits per heavy atom. The Kier molecular flexibility index (Phi) is 4.19. The Labute approximate surface area is 97.6 Å². The van der Waals surface area contributed by atoms with E-state index in [0.717, 1.165) is 11.5 Å². The first-order valence-electron chi connectivity index (χ1n) is 5.48. The van der Waals surface area contributed by atoms with Crippen LogP contribution in [0.15, 0.2) is 24.3 Å². The Balaban J connectivity index is 2.71. The van der Waals surface area contributed by atoms with Crippen LogP contribution in [0.4, 0.5) is 0 Å². The van der Waals surface area contributed by atoms with Crippen molar-refractivity contribution < 1.29 is 9.47 Å². The Morgan fingerprint density at radius 2 is 1.62 bits per heavy atom. The summed E-state index contributed by atoms with van der Waals surface area (Å²) >= 11 is 0. The fourth-order valence-corrected chi connectivity index (χ4v) is 1.40.